The topological polar surface area (TPSA) is 60.2 Å². The van der Waals surface area contributed by atoms with E-state index in [1.165, 1.54) is 11.5 Å². The summed E-state index contributed by atoms with van der Waals surface area (Å²) in [6.07, 6.45) is 1.15. The molecule has 0 saturated carbocycles. The highest BCUT2D eigenvalue weighted by Gasteiger charge is 2.36. The molecule has 1 N–H and O–H groups in total. The predicted molar refractivity (Wildman–Crippen MR) is 87.1 cm³/mol. The predicted octanol–water partition coefficient (Wildman–Crippen LogP) is 2.46. The van der Waals surface area contributed by atoms with Crippen LogP contribution in [0.4, 0.5) is 0 Å². The molecule has 118 valence electrons. The molecule has 2 aliphatic heterocycles. The van der Waals surface area contributed by atoms with Crippen molar-refractivity contribution in [3.05, 3.63) is 11.7 Å². The third kappa shape index (κ3) is 3.41. The van der Waals surface area contributed by atoms with E-state index in [1.54, 1.807) is 0 Å². The molecule has 1 aromatic heterocycles. The SMILES string of the molecule is CCNC1COCC1c1nc(C2SCCSC2CC)no1. The fourth-order valence-electron chi connectivity index (χ4n) is 2.92. The van der Waals surface area contributed by atoms with Crippen molar-refractivity contribution in [2.75, 3.05) is 31.3 Å². The zero-order chi connectivity index (χ0) is 14.7. The van der Waals surface area contributed by atoms with Crippen LogP contribution in [-0.2, 0) is 4.74 Å². The highest BCUT2D eigenvalue weighted by molar-refractivity contribution is 8.06. The summed E-state index contributed by atoms with van der Waals surface area (Å²) in [5, 5.41) is 8.68. The first-order valence-corrected chi connectivity index (χ1v) is 9.81. The van der Waals surface area contributed by atoms with Gasteiger partial charge in [0.15, 0.2) is 5.82 Å². The van der Waals surface area contributed by atoms with Crippen molar-refractivity contribution in [2.24, 2.45) is 0 Å². The van der Waals surface area contributed by atoms with Crippen LogP contribution < -0.4 is 5.32 Å². The Hall–Kier alpha value is -0.240. The lowest BCUT2D eigenvalue weighted by molar-refractivity contribution is 0.185. The number of ether oxygens (including phenoxy) is 1. The summed E-state index contributed by atoms with van der Waals surface area (Å²) in [7, 11) is 0. The summed E-state index contributed by atoms with van der Waals surface area (Å²) in [5.74, 6) is 4.19. The summed E-state index contributed by atoms with van der Waals surface area (Å²) in [6.45, 7) is 6.67. The maximum absolute atomic E-state index is 5.57. The van der Waals surface area contributed by atoms with Crippen LogP contribution in [0, 0.1) is 0 Å². The van der Waals surface area contributed by atoms with Gasteiger partial charge in [-0.05, 0) is 13.0 Å². The molecule has 0 amide bonds. The average molecular weight is 329 g/mol. The molecule has 0 bridgehead atoms. The summed E-state index contributed by atoms with van der Waals surface area (Å²) in [5.41, 5.74) is 0. The summed E-state index contributed by atoms with van der Waals surface area (Å²) in [6, 6.07) is 0.290. The fourth-order valence-corrected chi connectivity index (χ4v) is 5.90. The molecule has 21 heavy (non-hydrogen) atoms. The number of rotatable bonds is 5. The van der Waals surface area contributed by atoms with Gasteiger partial charge in [-0.1, -0.05) is 19.0 Å². The van der Waals surface area contributed by atoms with Crippen molar-refractivity contribution < 1.29 is 9.26 Å². The van der Waals surface area contributed by atoms with Crippen LogP contribution in [0.1, 0.15) is 43.2 Å². The molecule has 2 aliphatic rings. The van der Waals surface area contributed by atoms with E-state index in [-0.39, 0.29) is 5.92 Å². The van der Waals surface area contributed by atoms with E-state index in [9.17, 15) is 0 Å². The molecular formula is C14H23N3O2S2. The van der Waals surface area contributed by atoms with E-state index in [0.29, 0.717) is 23.1 Å². The normalized spacial score (nSPS) is 33.4. The second kappa shape index (κ2) is 7.35. The lowest BCUT2D eigenvalue weighted by Crippen LogP contribution is -2.34. The molecule has 3 heterocycles. The molecule has 1 aromatic rings. The minimum absolute atomic E-state index is 0.188. The van der Waals surface area contributed by atoms with E-state index in [1.807, 2.05) is 23.5 Å². The Balaban J connectivity index is 1.73. The Labute approximate surface area is 134 Å². The van der Waals surface area contributed by atoms with E-state index in [0.717, 1.165) is 31.3 Å². The molecular weight excluding hydrogens is 306 g/mol. The fraction of sp³-hybridized carbons (Fsp3) is 0.857. The van der Waals surface area contributed by atoms with Gasteiger partial charge in [-0.2, -0.15) is 16.7 Å². The van der Waals surface area contributed by atoms with E-state index >= 15 is 0 Å². The number of hydrogen-bond acceptors (Lipinski definition) is 7. The second-order valence-electron chi connectivity index (χ2n) is 5.41. The Kier molecular flexibility index (Phi) is 5.48. The standard InChI is InChI=1S/C14H23N3O2S2/c1-3-11-12(21-6-5-20-11)13-16-14(19-17-13)9-7-18-8-10(9)15-4-2/h9-12,15H,3-8H2,1-2H3. The molecule has 0 radical (unpaired) electrons. The van der Waals surface area contributed by atoms with Crippen LogP contribution in [0.2, 0.25) is 0 Å². The average Bonchev–Trinajstić information content (AvgIpc) is 3.16. The van der Waals surface area contributed by atoms with Gasteiger partial charge in [-0.3, -0.25) is 0 Å². The molecule has 0 aliphatic carbocycles. The van der Waals surface area contributed by atoms with Gasteiger partial charge in [0.1, 0.15) is 0 Å². The van der Waals surface area contributed by atoms with Gasteiger partial charge in [0, 0.05) is 22.8 Å². The Bertz CT molecular complexity index is 457. The third-order valence-corrected chi connectivity index (χ3v) is 7.27. The van der Waals surface area contributed by atoms with Crippen LogP contribution in [0.15, 0.2) is 4.52 Å². The molecule has 2 fully saturated rings. The van der Waals surface area contributed by atoms with Crippen molar-refractivity contribution in [2.45, 2.75) is 42.7 Å². The maximum Gasteiger partial charge on any atom is 0.233 e. The largest absolute Gasteiger partial charge is 0.379 e. The van der Waals surface area contributed by atoms with Gasteiger partial charge >= 0.3 is 0 Å². The highest BCUT2D eigenvalue weighted by Crippen LogP contribution is 2.43. The zero-order valence-electron chi connectivity index (χ0n) is 12.6. The maximum atomic E-state index is 5.57. The highest BCUT2D eigenvalue weighted by atomic mass is 32.2. The van der Waals surface area contributed by atoms with E-state index in [2.05, 4.69) is 24.3 Å². The van der Waals surface area contributed by atoms with Gasteiger partial charge in [-0.15, -0.1) is 11.8 Å². The van der Waals surface area contributed by atoms with E-state index < -0.39 is 0 Å². The molecule has 0 spiro atoms. The summed E-state index contributed by atoms with van der Waals surface area (Å²) in [4.78, 5) is 4.71. The van der Waals surface area contributed by atoms with Gasteiger partial charge in [0.25, 0.3) is 0 Å². The van der Waals surface area contributed by atoms with Crippen LogP contribution in [0.5, 0.6) is 0 Å². The molecule has 5 nitrogen and oxygen atoms in total. The van der Waals surface area contributed by atoms with Crippen LogP contribution in [0.25, 0.3) is 0 Å². The minimum atomic E-state index is 0.188. The number of likely N-dealkylation sites (N-methyl/N-ethyl adjacent to an activating group) is 1. The molecule has 2 saturated heterocycles. The van der Waals surface area contributed by atoms with Crippen molar-refractivity contribution in [3.63, 3.8) is 0 Å². The lowest BCUT2D eigenvalue weighted by Gasteiger charge is -2.27. The zero-order valence-corrected chi connectivity index (χ0v) is 14.2. The summed E-state index contributed by atoms with van der Waals surface area (Å²) < 4.78 is 11.1. The quantitative estimate of drug-likeness (QED) is 0.890. The third-order valence-electron chi connectivity index (χ3n) is 4.03. The van der Waals surface area contributed by atoms with Crippen LogP contribution in [-0.4, -0.2) is 52.7 Å². The van der Waals surface area contributed by atoms with Crippen LogP contribution in [0.3, 0.4) is 0 Å². The molecule has 7 heteroatoms. The molecule has 0 aromatic carbocycles. The van der Waals surface area contributed by atoms with Crippen LogP contribution >= 0.6 is 23.5 Å². The first-order chi connectivity index (χ1) is 10.3. The smallest absolute Gasteiger partial charge is 0.233 e. The second-order valence-corrected chi connectivity index (χ2v) is 8.00. The number of nitrogens with zero attached hydrogens (tertiary/aromatic N) is 2. The minimum Gasteiger partial charge on any atom is -0.379 e. The van der Waals surface area contributed by atoms with Crippen molar-refractivity contribution in [1.82, 2.24) is 15.5 Å². The number of nitrogens with one attached hydrogen (secondary N) is 1. The monoisotopic (exact) mass is 329 g/mol. The van der Waals surface area contributed by atoms with Crippen molar-refractivity contribution in [3.8, 4) is 0 Å². The number of hydrogen-bond donors (Lipinski definition) is 1. The van der Waals surface area contributed by atoms with Gasteiger partial charge < -0.3 is 14.6 Å². The molecule has 3 rings (SSSR count). The van der Waals surface area contributed by atoms with E-state index in [4.69, 9.17) is 14.2 Å². The molecule has 4 atom stereocenters. The van der Waals surface area contributed by atoms with Gasteiger partial charge in [0.05, 0.1) is 24.4 Å². The van der Waals surface area contributed by atoms with Crippen molar-refractivity contribution >= 4 is 23.5 Å². The number of thioether (sulfide) groups is 2. The number of aromatic nitrogens is 2. The molecule has 4 unspecified atom stereocenters. The first kappa shape index (κ1) is 15.6. The Morgan fingerprint density at radius 3 is 2.90 bits per heavy atom. The van der Waals surface area contributed by atoms with Crippen molar-refractivity contribution in [1.29, 1.82) is 0 Å². The van der Waals surface area contributed by atoms with Gasteiger partial charge in [0.2, 0.25) is 5.89 Å². The lowest BCUT2D eigenvalue weighted by atomic mass is 10.0. The summed E-state index contributed by atoms with van der Waals surface area (Å²) >= 11 is 4.00. The Morgan fingerprint density at radius 1 is 1.24 bits per heavy atom. The van der Waals surface area contributed by atoms with Gasteiger partial charge in [-0.25, -0.2) is 0 Å². The first-order valence-electron chi connectivity index (χ1n) is 7.71. The Morgan fingerprint density at radius 2 is 2.10 bits per heavy atom.